The molecule has 5 heteroatoms. The summed E-state index contributed by atoms with van der Waals surface area (Å²) >= 11 is 0. The Labute approximate surface area is 91.2 Å². The average molecular weight is 234 g/mol. The number of allylic oxidation sites excluding steroid dienone is 2. The maximum absolute atomic E-state index is 12.0. The molecular formula is C10H19O4P. The van der Waals surface area contributed by atoms with E-state index in [0.717, 1.165) is 18.6 Å². The van der Waals surface area contributed by atoms with E-state index in [2.05, 4.69) is 6.92 Å². The van der Waals surface area contributed by atoms with Crippen molar-refractivity contribution in [1.82, 2.24) is 0 Å². The summed E-state index contributed by atoms with van der Waals surface area (Å²) in [5.74, 6) is 1.21. The second-order valence-electron chi connectivity index (χ2n) is 3.52. The number of hydrogen-bond donors (Lipinski definition) is 0. The number of phosphoric acid groups is 1. The topological polar surface area (TPSA) is 44.8 Å². The Balaban J connectivity index is 2.58. The van der Waals surface area contributed by atoms with Crippen LogP contribution >= 0.6 is 7.82 Å². The van der Waals surface area contributed by atoms with Crippen molar-refractivity contribution in [2.24, 2.45) is 5.92 Å². The molecule has 4 nitrogen and oxygen atoms in total. The maximum Gasteiger partial charge on any atom is 0.529 e. The maximum atomic E-state index is 12.0. The normalized spacial score (nSPS) is 21.5. The van der Waals surface area contributed by atoms with Crippen molar-refractivity contribution in [1.29, 1.82) is 0 Å². The van der Waals surface area contributed by atoms with Gasteiger partial charge in [-0.2, -0.15) is 0 Å². The quantitative estimate of drug-likeness (QED) is 0.660. The highest BCUT2D eigenvalue weighted by Crippen LogP contribution is 2.52. The minimum absolute atomic E-state index is 0.320. The molecule has 0 heterocycles. The summed E-state index contributed by atoms with van der Waals surface area (Å²) in [6, 6.07) is 0. The molecule has 88 valence electrons. The smallest absolute Gasteiger partial charge is 0.409 e. The van der Waals surface area contributed by atoms with Gasteiger partial charge in [-0.1, -0.05) is 6.92 Å². The van der Waals surface area contributed by atoms with Crippen LogP contribution in [0.2, 0.25) is 0 Å². The lowest BCUT2D eigenvalue weighted by Crippen LogP contribution is -1.99. The fourth-order valence-corrected chi connectivity index (χ4v) is 2.73. The van der Waals surface area contributed by atoms with Gasteiger partial charge >= 0.3 is 7.82 Å². The Bertz CT molecular complexity index is 265. The highest BCUT2D eigenvalue weighted by molar-refractivity contribution is 7.48. The number of rotatable bonds is 6. The number of phosphoric ester groups is 1. The highest BCUT2D eigenvalue weighted by atomic mass is 31.2. The van der Waals surface area contributed by atoms with E-state index in [4.69, 9.17) is 13.6 Å². The molecule has 1 rings (SSSR count). The largest absolute Gasteiger partial charge is 0.529 e. The number of hydrogen-bond acceptors (Lipinski definition) is 4. The van der Waals surface area contributed by atoms with Crippen LogP contribution in [0.1, 0.15) is 33.6 Å². The Hall–Kier alpha value is -0.310. The highest BCUT2D eigenvalue weighted by Gasteiger charge is 2.29. The molecule has 1 aliphatic rings. The molecule has 0 spiro atoms. The fraction of sp³-hybridized carbons (Fsp3) is 0.800. The third-order valence-corrected chi connectivity index (χ3v) is 3.73. The van der Waals surface area contributed by atoms with E-state index in [1.54, 1.807) is 13.8 Å². The lowest BCUT2D eigenvalue weighted by Gasteiger charge is -2.17. The van der Waals surface area contributed by atoms with Crippen molar-refractivity contribution in [3.05, 3.63) is 11.8 Å². The molecule has 1 atom stereocenters. The summed E-state index contributed by atoms with van der Waals surface area (Å²) in [7, 11) is -3.36. The van der Waals surface area contributed by atoms with E-state index in [-0.39, 0.29) is 0 Å². The van der Waals surface area contributed by atoms with Crippen molar-refractivity contribution in [3.63, 3.8) is 0 Å². The second kappa shape index (κ2) is 5.69. The van der Waals surface area contributed by atoms with E-state index in [1.165, 1.54) is 0 Å². The summed E-state index contributed by atoms with van der Waals surface area (Å²) in [5.41, 5.74) is 0. The van der Waals surface area contributed by atoms with Gasteiger partial charge in [0.05, 0.1) is 13.2 Å². The first-order valence-corrected chi connectivity index (χ1v) is 6.85. The first kappa shape index (κ1) is 12.8. The van der Waals surface area contributed by atoms with Gasteiger partial charge in [0.25, 0.3) is 0 Å². The molecule has 0 fully saturated rings. The zero-order valence-corrected chi connectivity index (χ0v) is 10.5. The zero-order chi connectivity index (χ0) is 11.3. The molecule has 0 bridgehead atoms. The van der Waals surface area contributed by atoms with Gasteiger partial charge in [0.15, 0.2) is 0 Å². The standard InChI is InChI=1S/C10H19O4P/c1-4-12-15(11,13-5-2)14-10-7-6-9(3)8-10/h8-9H,4-7H2,1-3H3/t9-/m0/s1. The third kappa shape index (κ3) is 3.98. The van der Waals surface area contributed by atoms with E-state index in [0.29, 0.717) is 19.1 Å². The van der Waals surface area contributed by atoms with Crippen LogP contribution in [0.4, 0.5) is 0 Å². The van der Waals surface area contributed by atoms with Crippen LogP contribution in [0.5, 0.6) is 0 Å². The zero-order valence-electron chi connectivity index (χ0n) is 9.56. The summed E-state index contributed by atoms with van der Waals surface area (Å²) in [4.78, 5) is 0. The molecule has 0 saturated heterocycles. The van der Waals surface area contributed by atoms with Crippen LogP contribution in [-0.4, -0.2) is 13.2 Å². The van der Waals surface area contributed by atoms with Crippen molar-refractivity contribution < 1.29 is 18.1 Å². The van der Waals surface area contributed by atoms with E-state index in [9.17, 15) is 4.57 Å². The lowest BCUT2D eigenvalue weighted by atomic mass is 10.2. The summed E-state index contributed by atoms with van der Waals surface area (Å²) in [6.07, 6.45) is 3.82. The Morgan fingerprint density at radius 1 is 1.40 bits per heavy atom. The SMILES string of the molecule is CCOP(=O)(OCC)OC1=C[C@@H](C)CC1. The summed E-state index contributed by atoms with van der Waals surface area (Å²) in [6.45, 7) is 6.27. The van der Waals surface area contributed by atoms with Gasteiger partial charge in [0, 0.05) is 6.42 Å². The van der Waals surface area contributed by atoms with Crippen LogP contribution in [0.15, 0.2) is 11.8 Å². The summed E-state index contributed by atoms with van der Waals surface area (Å²) < 4.78 is 27.4. The minimum Gasteiger partial charge on any atom is -0.409 e. The van der Waals surface area contributed by atoms with Crippen LogP contribution in [-0.2, 0) is 18.1 Å². The van der Waals surface area contributed by atoms with E-state index >= 15 is 0 Å². The molecule has 0 amide bonds. The van der Waals surface area contributed by atoms with Gasteiger partial charge < -0.3 is 4.52 Å². The van der Waals surface area contributed by atoms with Gasteiger partial charge in [0.1, 0.15) is 5.76 Å². The van der Waals surface area contributed by atoms with Crippen LogP contribution in [0.3, 0.4) is 0 Å². The van der Waals surface area contributed by atoms with Gasteiger partial charge in [-0.3, -0.25) is 9.05 Å². The molecule has 0 N–H and O–H groups in total. The van der Waals surface area contributed by atoms with Crippen molar-refractivity contribution in [2.75, 3.05) is 13.2 Å². The van der Waals surface area contributed by atoms with Crippen LogP contribution in [0.25, 0.3) is 0 Å². The Morgan fingerprint density at radius 3 is 2.40 bits per heavy atom. The van der Waals surface area contributed by atoms with Crippen molar-refractivity contribution in [3.8, 4) is 0 Å². The summed E-state index contributed by atoms with van der Waals surface area (Å²) in [5, 5.41) is 0. The first-order chi connectivity index (χ1) is 7.09. The van der Waals surface area contributed by atoms with Gasteiger partial charge in [-0.05, 0) is 32.3 Å². The fourth-order valence-electron chi connectivity index (χ4n) is 1.48. The molecule has 0 unspecified atom stereocenters. The molecule has 0 aromatic carbocycles. The van der Waals surface area contributed by atoms with Gasteiger partial charge in [-0.25, -0.2) is 4.57 Å². The molecule has 0 aromatic heterocycles. The molecule has 1 aliphatic carbocycles. The predicted octanol–water partition coefficient (Wildman–Crippen LogP) is 3.50. The second-order valence-corrected chi connectivity index (χ2v) is 5.12. The molecule has 15 heavy (non-hydrogen) atoms. The third-order valence-electron chi connectivity index (χ3n) is 2.12. The van der Waals surface area contributed by atoms with Gasteiger partial charge in [0.2, 0.25) is 0 Å². The average Bonchev–Trinajstić information content (AvgIpc) is 2.51. The predicted molar refractivity (Wildman–Crippen MR) is 58.4 cm³/mol. The molecular weight excluding hydrogens is 215 g/mol. The van der Waals surface area contributed by atoms with Gasteiger partial charge in [-0.15, -0.1) is 0 Å². The lowest BCUT2D eigenvalue weighted by molar-refractivity contribution is 0.144. The minimum atomic E-state index is -3.36. The van der Waals surface area contributed by atoms with Crippen LogP contribution in [0, 0.1) is 5.92 Å². The van der Waals surface area contributed by atoms with E-state index in [1.807, 2.05) is 6.08 Å². The first-order valence-electron chi connectivity index (χ1n) is 5.39. The van der Waals surface area contributed by atoms with Crippen molar-refractivity contribution in [2.45, 2.75) is 33.6 Å². The van der Waals surface area contributed by atoms with E-state index < -0.39 is 7.82 Å². The Morgan fingerprint density at radius 2 is 2.00 bits per heavy atom. The Kier molecular flexibility index (Phi) is 4.84. The molecule has 0 radical (unpaired) electrons. The van der Waals surface area contributed by atoms with Crippen LogP contribution < -0.4 is 0 Å². The molecule has 0 aromatic rings. The molecule has 0 aliphatic heterocycles. The van der Waals surface area contributed by atoms with Crippen molar-refractivity contribution >= 4 is 7.82 Å². The monoisotopic (exact) mass is 234 g/mol. The molecule has 0 saturated carbocycles.